The third kappa shape index (κ3) is 6.83. The monoisotopic (exact) mass is 577 g/mol. The molecule has 0 amide bonds. The van der Waals surface area contributed by atoms with Crippen LogP contribution in [-0.2, 0) is 48.4 Å². The number of aromatic amines is 3. The van der Waals surface area contributed by atoms with E-state index >= 15 is 0 Å². The zero-order chi connectivity index (χ0) is 30.3. The van der Waals surface area contributed by atoms with Crippen molar-refractivity contribution in [1.82, 2.24) is 15.0 Å². The fraction of sp³-hybridized carbons (Fsp3) is 0.278. The van der Waals surface area contributed by atoms with Crippen LogP contribution in [0.25, 0.3) is 0 Å². The quantitative estimate of drug-likeness (QED) is 0.135. The molecule has 5 aromatic rings. The Balaban J connectivity index is 1.26. The minimum absolute atomic E-state index is 0.237. The Morgan fingerprint density at radius 1 is 0.581 bits per heavy atom. The van der Waals surface area contributed by atoms with Crippen molar-refractivity contribution >= 4 is 11.9 Å². The Kier molecular flexibility index (Phi) is 9.30. The Bertz CT molecular complexity index is 1570. The van der Waals surface area contributed by atoms with Crippen LogP contribution in [0.15, 0.2) is 72.8 Å². The summed E-state index contributed by atoms with van der Waals surface area (Å²) in [4.78, 5) is 36.2. The zero-order valence-electron chi connectivity index (χ0n) is 25.3. The van der Waals surface area contributed by atoms with Gasteiger partial charge in [0.1, 0.15) is 24.6 Å². The molecule has 0 radical (unpaired) electrons. The van der Waals surface area contributed by atoms with Crippen LogP contribution in [-0.4, -0.2) is 26.9 Å². The fourth-order valence-electron chi connectivity index (χ4n) is 5.63. The molecule has 3 aromatic heterocycles. The van der Waals surface area contributed by atoms with Gasteiger partial charge in [-0.2, -0.15) is 0 Å². The minimum atomic E-state index is -0.339. The van der Waals surface area contributed by atoms with Crippen molar-refractivity contribution in [2.24, 2.45) is 0 Å². The summed E-state index contributed by atoms with van der Waals surface area (Å²) < 4.78 is 11.2. The molecule has 0 unspecified atom stereocenters. The van der Waals surface area contributed by atoms with Crippen molar-refractivity contribution in [3.05, 3.63) is 140 Å². The third-order valence-corrected chi connectivity index (χ3v) is 8.05. The van der Waals surface area contributed by atoms with Gasteiger partial charge in [-0.05, 0) is 72.2 Å². The maximum Gasteiger partial charge on any atom is 0.355 e. The predicted octanol–water partition coefficient (Wildman–Crippen LogP) is 7.31. The summed E-state index contributed by atoms with van der Waals surface area (Å²) in [6.07, 6.45) is 2.73. The summed E-state index contributed by atoms with van der Waals surface area (Å²) in [6.45, 7) is 8.68. The van der Waals surface area contributed by atoms with Gasteiger partial charge < -0.3 is 24.4 Å². The second-order valence-corrected chi connectivity index (χ2v) is 10.9. The molecule has 0 aliphatic rings. The Morgan fingerprint density at radius 2 is 0.977 bits per heavy atom. The van der Waals surface area contributed by atoms with Crippen molar-refractivity contribution < 1.29 is 19.1 Å². The fourth-order valence-corrected chi connectivity index (χ4v) is 5.63. The molecule has 0 spiro atoms. The van der Waals surface area contributed by atoms with Gasteiger partial charge in [0.15, 0.2) is 0 Å². The van der Waals surface area contributed by atoms with E-state index < -0.39 is 0 Å². The third-order valence-electron chi connectivity index (χ3n) is 8.05. The number of ether oxygens (including phenoxy) is 2. The van der Waals surface area contributed by atoms with Gasteiger partial charge in [-0.1, -0.05) is 74.5 Å². The number of esters is 2. The highest BCUT2D eigenvalue weighted by Gasteiger charge is 2.22. The van der Waals surface area contributed by atoms with Gasteiger partial charge in [0, 0.05) is 35.6 Å². The van der Waals surface area contributed by atoms with E-state index in [1.165, 1.54) is 0 Å². The molecule has 7 heteroatoms. The van der Waals surface area contributed by atoms with Crippen molar-refractivity contribution in [2.75, 3.05) is 0 Å². The van der Waals surface area contributed by atoms with Crippen molar-refractivity contribution in [2.45, 2.75) is 66.6 Å². The number of hydrogen-bond donors (Lipinski definition) is 3. The Labute approximate surface area is 252 Å². The maximum absolute atomic E-state index is 13.0. The summed E-state index contributed by atoms with van der Waals surface area (Å²) >= 11 is 0. The van der Waals surface area contributed by atoms with Crippen LogP contribution < -0.4 is 0 Å². The van der Waals surface area contributed by atoms with Gasteiger partial charge >= 0.3 is 11.9 Å². The lowest BCUT2D eigenvalue weighted by molar-refractivity contribution is 0.0456. The average molecular weight is 578 g/mol. The molecule has 0 saturated carbocycles. The van der Waals surface area contributed by atoms with Crippen molar-refractivity contribution in [1.29, 1.82) is 0 Å². The van der Waals surface area contributed by atoms with Gasteiger partial charge in [-0.15, -0.1) is 0 Å². The predicted molar refractivity (Wildman–Crippen MR) is 167 cm³/mol. The molecule has 0 aliphatic carbocycles. The summed E-state index contributed by atoms with van der Waals surface area (Å²) in [7, 11) is 0. The topological polar surface area (TPSA) is 100.0 Å². The summed E-state index contributed by atoms with van der Waals surface area (Å²) in [5.74, 6) is -0.677. The van der Waals surface area contributed by atoms with E-state index in [2.05, 4.69) is 54.8 Å². The van der Waals surface area contributed by atoms with Gasteiger partial charge in [-0.25, -0.2) is 9.59 Å². The Hall–Kier alpha value is -4.78. The van der Waals surface area contributed by atoms with E-state index in [0.29, 0.717) is 24.2 Å². The van der Waals surface area contributed by atoms with E-state index in [9.17, 15) is 9.59 Å². The molecular weight excluding hydrogens is 538 g/mol. The average Bonchev–Trinajstić information content (AvgIpc) is 3.71. The molecule has 2 aromatic carbocycles. The molecular formula is C36H39N3O4. The van der Waals surface area contributed by atoms with E-state index in [4.69, 9.17) is 9.47 Å². The molecule has 0 fully saturated rings. The number of carbonyl (C=O) groups excluding carboxylic acids is 2. The molecule has 3 N–H and O–H groups in total. The first-order chi connectivity index (χ1) is 20.9. The van der Waals surface area contributed by atoms with E-state index in [1.54, 1.807) is 0 Å². The highest BCUT2D eigenvalue weighted by molar-refractivity contribution is 5.90. The van der Waals surface area contributed by atoms with Gasteiger partial charge in [0.05, 0.1) is 0 Å². The maximum atomic E-state index is 13.0. The minimum Gasteiger partial charge on any atom is -0.456 e. The number of nitrogens with one attached hydrogen (secondary N) is 3. The smallest absolute Gasteiger partial charge is 0.355 e. The summed E-state index contributed by atoms with van der Waals surface area (Å²) in [5, 5.41) is 0. The number of carbonyl (C=O) groups is 2. The van der Waals surface area contributed by atoms with E-state index in [-0.39, 0.29) is 25.2 Å². The molecule has 222 valence electrons. The number of rotatable bonds is 12. The van der Waals surface area contributed by atoms with Crippen LogP contribution in [0, 0.1) is 13.8 Å². The van der Waals surface area contributed by atoms with Gasteiger partial charge in [0.25, 0.3) is 0 Å². The molecule has 0 bridgehead atoms. The number of H-pyrrole nitrogens is 3. The first kappa shape index (κ1) is 29.7. The van der Waals surface area contributed by atoms with Crippen LogP contribution in [0.5, 0.6) is 0 Å². The number of hydrogen-bond acceptors (Lipinski definition) is 4. The van der Waals surface area contributed by atoms with Gasteiger partial charge in [-0.3, -0.25) is 0 Å². The normalized spacial score (nSPS) is 11.1. The van der Waals surface area contributed by atoms with Crippen molar-refractivity contribution in [3.63, 3.8) is 0 Å². The second kappa shape index (κ2) is 13.5. The van der Waals surface area contributed by atoms with Crippen LogP contribution in [0.2, 0.25) is 0 Å². The highest BCUT2D eigenvalue weighted by atomic mass is 16.5. The molecule has 0 aliphatic heterocycles. The van der Waals surface area contributed by atoms with E-state index in [0.717, 1.165) is 69.0 Å². The molecule has 3 heterocycles. The van der Waals surface area contributed by atoms with Crippen molar-refractivity contribution in [3.8, 4) is 0 Å². The lowest BCUT2D eigenvalue weighted by Crippen LogP contribution is -2.08. The number of aromatic nitrogens is 3. The van der Waals surface area contributed by atoms with Crippen LogP contribution >= 0.6 is 0 Å². The number of benzene rings is 2. The largest absolute Gasteiger partial charge is 0.456 e. The second-order valence-electron chi connectivity index (χ2n) is 10.9. The lowest BCUT2D eigenvalue weighted by Gasteiger charge is -2.05. The molecule has 43 heavy (non-hydrogen) atoms. The van der Waals surface area contributed by atoms with Crippen LogP contribution in [0.3, 0.4) is 0 Å². The standard InChI is InChI=1S/C36H39N3O4/c1-5-29-23(3)31(38-33(29)35(40)42-21-25-13-9-7-10-14-25)19-27-17-18-28(37-27)20-32-24(4)30(6-2)34(39-32)36(41)43-22-26-15-11-8-12-16-26/h7-18,37-39H,5-6,19-22H2,1-4H3. The summed E-state index contributed by atoms with van der Waals surface area (Å²) in [6, 6.07) is 23.5. The molecule has 0 atom stereocenters. The summed E-state index contributed by atoms with van der Waals surface area (Å²) in [5.41, 5.74) is 11.1. The molecule has 0 saturated heterocycles. The lowest BCUT2D eigenvalue weighted by atomic mass is 10.1. The first-order valence-electron chi connectivity index (χ1n) is 14.9. The first-order valence-corrected chi connectivity index (χ1v) is 14.9. The van der Waals surface area contributed by atoms with Crippen LogP contribution in [0.1, 0.15) is 91.0 Å². The SMILES string of the molecule is CCc1c(C(=O)OCc2ccccc2)[nH]c(Cc2ccc(Cc3[nH]c(C(=O)OCc4ccccc4)c(CC)c3C)[nH]2)c1C. The van der Waals surface area contributed by atoms with Crippen LogP contribution in [0.4, 0.5) is 0 Å². The Morgan fingerprint density at radius 3 is 1.35 bits per heavy atom. The molecule has 5 rings (SSSR count). The van der Waals surface area contributed by atoms with Gasteiger partial charge in [0.2, 0.25) is 0 Å². The molecule has 7 nitrogen and oxygen atoms in total. The van der Waals surface area contributed by atoms with E-state index in [1.807, 2.05) is 60.7 Å². The highest BCUT2D eigenvalue weighted by Crippen LogP contribution is 2.25. The zero-order valence-corrected chi connectivity index (χ0v) is 25.3.